The van der Waals surface area contributed by atoms with Gasteiger partial charge in [0, 0.05) is 23.5 Å². The number of allylic oxidation sites excluding steroid dienone is 1. The lowest BCUT2D eigenvalue weighted by Gasteiger charge is -2.42. The molecule has 3 saturated heterocycles. The number of aliphatic hydroxyl groups excluding tert-OH is 1. The largest absolute Gasteiger partial charge is 0.465 e. The van der Waals surface area contributed by atoms with Crippen molar-refractivity contribution in [1.29, 1.82) is 0 Å². The molecule has 3 aliphatic heterocycles. The summed E-state index contributed by atoms with van der Waals surface area (Å²) in [5.74, 6) is -2.73. The van der Waals surface area contributed by atoms with E-state index < -0.39 is 41.1 Å². The molecule has 3 rings (SSSR count). The van der Waals surface area contributed by atoms with Crippen molar-refractivity contribution in [3.8, 4) is 0 Å². The van der Waals surface area contributed by atoms with Crippen LogP contribution < -0.4 is 0 Å². The van der Waals surface area contributed by atoms with E-state index in [1.807, 2.05) is 20.8 Å². The first kappa shape index (κ1) is 25.9. The minimum Gasteiger partial charge on any atom is -0.465 e. The van der Waals surface area contributed by atoms with Gasteiger partial charge in [-0.1, -0.05) is 28.1 Å². The Balaban J connectivity index is 1.98. The van der Waals surface area contributed by atoms with Crippen LogP contribution >= 0.6 is 15.9 Å². The molecule has 3 aliphatic rings. The van der Waals surface area contributed by atoms with Crippen molar-refractivity contribution >= 4 is 33.7 Å². The average Bonchev–Trinajstić information content (AvgIpc) is 3.32. The molecule has 6 atom stereocenters. The molecule has 2 amide bonds. The Labute approximate surface area is 204 Å². The van der Waals surface area contributed by atoms with Crippen LogP contribution in [0.15, 0.2) is 25.3 Å². The molecule has 184 valence electrons. The molecule has 33 heavy (non-hydrogen) atoms. The number of rotatable bonds is 10. The van der Waals surface area contributed by atoms with Gasteiger partial charge in [-0.3, -0.25) is 14.4 Å². The lowest BCUT2D eigenvalue weighted by molar-refractivity contribution is -0.155. The number of amides is 2. The van der Waals surface area contributed by atoms with E-state index in [9.17, 15) is 19.5 Å². The molecule has 3 unspecified atom stereocenters. The minimum absolute atomic E-state index is 0.0123. The van der Waals surface area contributed by atoms with Gasteiger partial charge in [0.25, 0.3) is 0 Å². The summed E-state index contributed by atoms with van der Waals surface area (Å²) in [5, 5.41) is 9.69. The fraction of sp³-hybridized carbons (Fsp3) is 0.708. The van der Waals surface area contributed by atoms with Crippen molar-refractivity contribution in [2.75, 3.05) is 26.3 Å². The highest BCUT2D eigenvalue weighted by atomic mass is 79.9. The second-order valence-electron chi connectivity index (χ2n) is 9.93. The summed E-state index contributed by atoms with van der Waals surface area (Å²) in [5.41, 5.74) is -1.68. The van der Waals surface area contributed by atoms with E-state index in [-0.39, 0.29) is 36.4 Å². The Morgan fingerprint density at radius 3 is 2.64 bits per heavy atom. The zero-order valence-corrected chi connectivity index (χ0v) is 21.3. The van der Waals surface area contributed by atoms with Crippen molar-refractivity contribution < 1.29 is 29.0 Å². The molecule has 9 heteroatoms. The van der Waals surface area contributed by atoms with Gasteiger partial charge in [0.15, 0.2) is 0 Å². The normalized spacial score (nSPS) is 32.6. The van der Waals surface area contributed by atoms with E-state index in [1.165, 1.54) is 4.90 Å². The van der Waals surface area contributed by atoms with Gasteiger partial charge in [0.1, 0.15) is 11.6 Å². The Bertz CT molecular complexity index is 811. The fourth-order valence-electron chi connectivity index (χ4n) is 5.49. The van der Waals surface area contributed by atoms with Crippen molar-refractivity contribution in [3.05, 3.63) is 25.3 Å². The summed E-state index contributed by atoms with van der Waals surface area (Å²) < 4.78 is 11.9. The number of unbranched alkanes of at least 4 members (excludes halogenated alkanes) is 1. The number of hydrogen-bond donors (Lipinski definition) is 1. The third-order valence-electron chi connectivity index (χ3n) is 6.82. The van der Waals surface area contributed by atoms with Gasteiger partial charge in [-0.15, -0.1) is 13.2 Å². The molecule has 3 fully saturated rings. The molecule has 0 aromatic carbocycles. The van der Waals surface area contributed by atoms with Crippen LogP contribution in [0.5, 0.6) is 0 Å². The van der Waals surface area contributed by atoms with Crippen molar-refractivity contribution in [2.24, 2.45) is 11.8 Å². The molecule has 0 saturated carbocycles. The van der Waals surface area contributed by atoms with Gasteiger partial charge in [0.2, 0.25) is 11.8 Å². The smallest absolute Gasteiger partial charge is 0.312 e. The van der Waals surface area contributed by atoms with Crippen LogP contribution in [-0.2, 0) is 23.9 Å². The van der Waals surface area contributed by atoms with Crippen molar-refractivity contribution in [3.63, 3.8) is 0 Å². The Morgan fingerprint density at radius 2 is 2.06 bits per heavy atom. The highest BCUT2D eigenvalue weighted by molar-refractivity contribution is 9.09. The van der Waals surface area contributed by atoms with Crippen LogP contribution in [0.2, 0.25) is 0 Å². The van der Waals surface area contributed by atoms with Crippen LogP contribution in [0.1, 0.15) is 40.0 Å². The number of alkyl halides is 1. The minimum atomic E-state index is -1.16. The molecular weight excluding hydrogens is 492 g/mol. The standard InChI is InChI=1S/C24H35BrN2O6/c1-6-8-9-13-32-22(31)16-17-20(29)26(11-12-28)19(24(17)14-15(25)18(16)33-24)21(30)27(10-7-2)23(3,4)5/h6-7,15-19,28H,1-2,8-14H2,3-5H3/t15?,16-,17-,18-,19?,24?/m0/s1. The number of aliphatic hydroxyl groups is 1. The zero-order valence-electron chi connectivity index (χ0n) is 19.7. The van der Waals surface area contributed by atoms with E-state index in [0.29, 0.717) is 19.4 Å². The topological polar surface area (TPSA) is 96.4 Å². The first-order chi connectivity index (χ1) is 15.5. The van der Waals surface area contributed by atoms with E-state index in [1.54, 1.807) is 17.1 Å². The Morgan fingerprint density at radius 1 is 1.36 bits per heavy atom. The average molecular weight is 527 g/mol. The van der Waals surface area contributed by atoms with Crippen molar-refractivity contribution in [1.82, 2.24) is 9.80 Å². The second kappa shape index (κ2) is 9.88. The number of likely N-dealkylation sites (tertiary alicyclic amines) is 1. The molecule has 2 bridgehead atoms. The van der Waals surface area contributed by atoms with Gasteiger partial charge in [-0.2, -0.15) is 0 Å². The number of β-amino-alcohol motifs (C(OH)–C–C–N with tert-alkyl or cyclic N) is 1. The number of nitrogens with zero attached hydrogens (tertiary/aromatic N) is 2. The molecule has 3 heterocycles. The molecule has 0 aromatic heterocycles. The van der Waals surface area contributed by atoms with E-state index >= 15 is 0 Å². The summed E-state index contributed by atoms with van der Waals surface area (Å²) in [6, 6.07) is -0.940. The molecule has 8 nitrogen and oxygen atoms in total. The number of ether oxygens (including phenoxy) is 2. The fourth-order valence-corrected chi connectivity index (χ4v) is 6.44. The lowest BCUT2D eigenvalue weighted by Crippen LogP contribution is -2.60. The number of carbonyl (C=O) groups excluding carboxylic acids is 3. The van der Waals surface area contributed by atoms with Crippen LogP contribution in [0.25, 0.3) is 0 Å². The number of carbonyl (C=O) groups is 3. The molecule has 0 aliphatic carbocycles. The predicted octanol–water partition coefficient (Wildman–Crippen LogP) is 2.05. The molecule has 1 spiro atoms. The summed E-state index contributed by atoms with van der Waals surface area (Å²) in [7, 11) is 0. The molecule has 0 aromatic rings. The maximum Gasteiger partial charge on any atom is 0.312 e. The summed E-state index contributed by atoms with van der Waals surface area (Å²) in [6.45, 7) is 13.4. The number of esters is 1. The number of fused-ring (bicyclic) bond motifs is 1. The highest BCUT2D eigenvalue weighted by Gasteiger charge is 2.77. The first-order valence-corrected chi connectivity index (χ1v) is 12.4. The van der Waals surface area contributed by atoms with E-state index in [2.05, 4.69) is 29.1 Å². The van der Waals surface area contributed by atoms with Gasteiger partial charge in [0.05, 0.1) is 31.2 Å². The zero-order chi connectivity index (χ0) is 24.6. The predicted molar refractivity (Wildman–Crippen MR) is 127 cm³/mol. The van der Waals surface area contributed by atoms with Crippen LogP contribution in [0.4, 0.5) is 0 Å². The SMILES string of the molecule is C=CCCCOC(=O)[C@H]1[C@H]2C(=O)N(CCO)C(C(=O)N(CC=C)C(C)(C)C)C23CC(Br)[C@@H]1O3. The lowest BCUT2D eigenvalue weighted by atomic mass is 9.70. The summed E-state index contributed by atoms with van der Waals surface area (Å²) in [6.07, 6.45) is 4.63. The van der Waals surface area contributed by atoms with Gasteiger partial charge >= 0.3 is 5.97 Å². The quantitative estimate of drug-likeness (QED) is 0.202. The molecule has 0 radical (unpaired) electrons. The van der Waals surface area contributed by atoms with E-state index in [0.717, 1.165) is 6.42 Å². The summed E-state index contributed by atoms with van der Waals surface area (Å²) >= 11 is 3.62. The number of halogens is 1. The first-order valence-electron chi connectivity index (χ1n) is 11.5. The monoisotopic (exact) mass is 526 g/mol. The van der Waals surface area contributed by atoms with Crippen LogP contribution in [-0.4, -0.2) is 87.1 Å². The van der Waals surface area contributed by atoms with Crippen molar-refractivity contribution in [2.45, 2.75) is 68.1 Å². The Kier molecular flexibility index (Phi) is 7.75. The maximum absolute atomic E-state index is 13.9. The third kappa shape index (κ3) is 4.39. The molecule has 1 N–H and O–H groups in total. The Hall–Kier alpha value is -1.71. The van der Waals surface area contributed by atoms with Crippen LogP contribution in [0, 0.1) is 11.8 Å². The van der Waals surface area contributed by atoms with Gasteiger partial charge in [-0.25, -0.2) is 0 Å². The van der Waals surface area contributed by atoms with Gasteiger partial charge < -0.3 is 24.4 Å². The second-order valence-corrected chi connectivity index (χ2v) is 11.1. The van der Waals surface area contributed by atoms with Crippen LogP contribution in [0.3, 0.4) is 0 Å². The summed E-state index contributed by atoms with van der Waals surface area (Å²) in [4.78, 5) is 43.5. The maximum atomic E-state index is 13.9. The highest BCUT2D eigenvalue weighted by Crippen LogP contribution is 2.60. The van der Waals surface area contributed by atoms with Gasteiger partial charge in [-0.05, 0) is 40.0 Å². The number of hydrogen-bond acceptors (Lipinski definition) is 6. The third-order valence-corrected chi connectivity index (χ3v) is 7.67. The molecular formula is C24H35BrN2O6. The van der Waals surface area contributed by atoms with E-state index in [4.69, 9.17) is 9.47 Å².